The van der Waals surface area contributed by atoms with Crippen LogP contribution in [0.25, 0.3) is 0 Å². The van der Waals surface area contributed by atoms with Crippen LogP contribution in [0, 0.1) is 13.8 Å². The van der Waals surface area contributed by atoms with Crippen LogP contribution < -0.4 is 4.74 Å². The predicted octanol–water partition coefficient (Wildman–Crippen LogP) is 4.55. The molecule has 142 valence electrons. The molecule has 1 aromatic rings. The van der Waals surface area contributed by atoms with Crippen molar-refractivity contribution in [2.75, 3.05) is 26.3 Å². The molecule has 0 amide bonds. The van der Waals surface area contributed by atoms with E-state index in [0.717, 1.165) is 36.4 Å². The molecule has 5 heteroatoms. The van der Waals surface area contributed by atoms with Crippen LogP contribution in [0.4, 0.5) is 0 Å². The molecule has 1 fully saturated rings. The first-order valence-electron chi connectivity index (χ1n) is 9.01. The monoisotopic (exact) mass is 369 g/mol. The van der Waals surface area contributed by atoms with E-state index in [1.165, 1.54) is 12.8 Å². The van der Waals surface area contributed by atoms with Gasteiger partial charge in [0.1, 0.15) is 12.4 Å². The largest absolute Gasteiger partial charge is 0.494 e. The summed E-state index contributed by atoms with van der Waals surface area (Å²) in [4.78, 5) is 15.0. The van der Waals surface area contributed by atoms with Gasteiger partial charge in [-0.15, -0.1) is 12.4 Å². The summed E-state index contributed by atoms with van der Waals surface area (Å²) in [6.07, 6.45) is 3.43. The van der Waals surface area contributed by atoms with Gasteiger partial charge in [-0.2, -0.15) is 0 Å². The quantitative estimate of drug-likeness (QED) is 0.661. The third kappa shape index (κ3) is 5.61. The van der Waals surface area contributed by atoms with E-state index in [-0.39, 0.29) is 23.9 Å². The van der Waals surface area contributed by atoms with Crippen molar-refractivity contribution in [3.8, 4) is 5.75 Å². The molecule has 0 aromatic heterocycles. The van der Waals surface area contributed by atoms with E-state index in [2.05, 4.69) is 25.7 Å². The zero-order chi connectivity index (χ0) is 17.7. The summed E-state index contributed by atoms with van der Waals surface area (Å²) in [6.45, 7) is 13.5. The Morgan fingerprint density at radius 3 is 2.24 bits per heavy atom. The van der Waals surface area contributed by atoms with E-state index in [1.54, 1.807) is 0 Å². The number of esters is 1. The van der Waals surface area contributed by atoms with E-state index in [4.69, 9.17) is 9.47 Å². The summed E-state index contributed by atoms with van der Waals surface area (Å²) in [5, 5.41) is 0. The highest BCUT2D eigenvalue weighted by Gasteiger charge is 2.31. The van der Waals surface area contributed by atoms with E-state index >= 15 is 0 Å². The molecule has 1 heterocycles. The zero-order valence-electron chi connectivity index (χ0n) is 16.2. The molecule has 0 bridgehead atoms. The van der Waals surface area contributed by atoms with E-state index < -0.39 is 0 Å². The molecule has 0 N–H and O–H groups in total. The maximum absolute atomic E-state index is 12.6. The number of halogens is 1. The summed E-state index contributed by atoms with van der Waals surface area (Å²) in [6, 6.07) is 3.84. The third-order valence-electron chi connectivity index (χ3n) is 4.70. The molecular weight excluding hydrogens is 338 g/mol. The normalized spacial score (nSPS) is 14.9. The number of likely N-dealkylation sites (tertiary alicyclic amines) is 1. The van der Waals surface area contributed by atoms with Gasteiger partial charge in [0, 0.05) is 5.54 Å². The van der Waals surface area contributed by atoms with Crippen molar-refractivity contribution in [2.24, 2.45) is 0 Å². The number of nitrogens with zero attached hydrogens (tertiary/aromatic N) is 1. The molecule has 1 aromatic carbocycles. The first-order chi connectivity index (χ1) is 11.3. The Hall–Kier alpha value is -1.26. The molecule has 0 saturated carbocycles. The molecule has 25 heavy (non-hydrogen) atoms. The number of rotatable bonds is 7. The number of carbonyl (C=O) groups is 1. The predicted molar refractivity (Wildman–Crippen MR) is 104 cm³/mol. The first kappa shape index (κ1) is 21.8. The molecule has 1 aliphatic heterocycles. The van der Waals surface area contributed by atoms with Crippen LogP contribution in [0.2, 0.25) is 0 Å². The maximum atomic E-state index is 12.6. The van der Waals surface area contributed by atoms with Gasteiger partial charge in [0.2, 0.25) is 0 Å². The van der Waals surface area contributed by atoms with Crippen LogP contribution >= 0.6 is 12.4 Å². The van der Waals surface area contributed by atoms with Gasteiger partial charge in [0.15, 0.2) is 0 Å². The number of carbonyl (C=O) groups excluding carboxylic acids is 1. The average Bonchev–Trinajstić information content (AvgIpc) is 3.05. The van der Waals surface area contributed by atoms with Crippen LogP contribution in [0.15, 0.2) is 12.1 Å². The number of ether oxygens (including phenoxy) is 2. The molecule has 0 atom stereocenters. The van der Waals surface area contributed by atoms with Crippen LogP contribution in [0.1, 0.15) is 61.5 Å². The lowest BCUT2D eigenvalue weighted by Gasteiger charge is -2.34. The van der Waals surface area contributed by atoms with Crippen molar-refractivity contribution in [3.05, 3.63) is 28.8 Å². The van der Waals surface area contributed by atoms with Crippen LogP contribution in [-0.2, 0) is 4.74 Å². The van der Waals surface area contributed by atoms with Gasteiger partial charge in [0.05, 0.1) is 12.2 Å². The lowest BCUT2D eigenvalue weighted by Crippen LogP contribution is -2.46. The summed E-state index contributed by atoms with van der Waals surface area (Å²) < 4.78 is 11.3. The second-order valence-electron chi connectivity index (χ2n) is 7.36. The first-order valence-corrected chi connectivity index (χ1v) is 9.01. The lowest BCUT2D eigenvalue weighted by atomic mass is 10.0. The third-order valence-corrected chi connectivity index (χ3v) is 4.70. The number of benzene rings is 1. The highest BCUT2D eigenvalue weighted by Crippen LogP contribution is 2.25. The molecule has 0 aliphatic carbocycles. The average molecular weight is 370 g/mol. The van der Waals surface area contributed by atoms with Crippen molar-refractivity contribution in [3.63, 3.8) is 0 Å². The number of hydrogen-bond acceptors (Lipinski definition) is 4. The Labute approximate surface area is 158 Å². The fourth-order valence-electron chi connectivity index (χ4n) is 3.28. The minimum atomic E-state index is -0.237. The minimum Gasteiger partial charge on any atom is -0.494 e. The van der Waals surface area contributed by atoms with Gasteiger partial charge >= 0.3 is 5.97 Å². The fraction of sp³-hybridized carbons (Fsp3) is 0.650. The molecule has 2 rings (SSSR count). The molecule has 0 unspecified atom stereocenters. The molecule has 4 nitrogen and oxygen atoms in total. The van der Waals surface area contributed by atoms with Crippen molar-refractivity contribution in [1.29, 1.82) is 0 Å². The van der Waals surface area contributed by atoms with Crippen molar-refractivity contribution in [1.82, 2.24) is 4.90 Å². The highest BCUT2D eigenvalue weighted by molar-refractivity contribution is 5.93. The SMILES string of the molecule is CCCOc1cc(C)c(C(=O)OCC(C)(C)N2CCCC2)c(C)c1.Cl. The second-order valence-corrected chi connectivity index (χ2v) is 7.36. The Balaban J connectivity index is 0.00000312. The van der Waals surface area contributed by atoms with Crippen molar-refractivity contribution >= 4 is 18.4 Å². The van der Waals surface area contributed by atoms with Crippen LogP contribution in [-0.4, -0.2) is 42.7 Å². The topological polar surface area (TPSA) is 38.8 Å². The minimum absolute atomic E-state index is 0. The van der Waals surface area contributed by atoms with Gasteiger partial charge < -0.3 is 9.47 Å². The van der Waals surface area contributed by atoms with Crippen LogP contribution in [0.5, 0.6) is 5.75 Å². The maximum Gasteiger partial charge on any atom is 0.338 e. The lowest BCUT2D eigenvalue weighted by molar-refractivity contribution is 0.0192. The fourth-order valence-corrected chi connectivity index (χ4v) is 3.28. The van der Waals surface area contributed by atoms with Crippen molar-refractivity contribution < 1.29 is 14.3 Å². The second kappa shape index (κ2) is 9.44. The van der Waals surface area contributed by atoms with Gasteiger partial charge in [-0.3, -0.25) is 4.90 Å². The Bertz CT molecular complexity index is 557. The van der Waals surface area contributed by atoms with E-state index in [0.29, 0.717) is 18.8 Å². The molecule has 0 spiro atoms. The smallest absolute Gasteiger partial charge is 0.338 e. The summed E-state index contributed by atoms with van der Waals surface area (Å²) >= 11 is 0. The molecule has 0 radical (unpaired) electrons. The summed E-state index contributed by atoms with van der Waals surface area (Å²) in [5.41, 5.74) is 2.37. The van der Waals surface area contributed by atoms with Gasteiger partial charge in [-0.05, 0) is 83.3 Å². The Morgan fingerprint density at radius 2 is 1.72 bits per heavy atom. The zero-order valence-corrected chi connectivity index (χ0v) is 17.0. The number of hydrogen-bond donors (Lipinski definition) is 0. The Morgan fingerprint density at radius 1 is 1.16 bits per heavy atom. The van der Waals surface area contributed by atoms with E-state index in [1.807, 2.05) is 26.0 Å². The van der Waals surface area contributed by atoms with Gasteiger partial charge in [-0.25, -0.2) is 4.79 Å². The van der Waals surface area contributed by atoms with E-state index in [9.17, 15) is 4.79 Å². The van der Waals surface area contributed by atoms with Crippen LogP contribution in [0.3, 0.4) is 0 Å². The number of aryl methyl sites for hydroxylation is 2. The molecular formula is C20H32ClNO3. The van der Waals surface area contributed by atoms with Gasteiger partial charge in [0.25, 0.3) is 0 Å². The molecule has 1 aliphatic rings. The summed E-state index contributed by atoms with van der Waals surface area (Å²) in [5.74, 6) is 0.583. The van der Waals surface area contributed by atoms with Gasteiger partial charge in [-0.1, -0.05) is 6.92 Å². The van der Waals surface area contributed by atoms with Crippen molar-refractivity contribution in [2.45, 2.75) is 59.4 Å². The molecule has 1 saturated heterocycles. The standard InChI is InChI=1S/C20H31NO3.ClH/c1-6-11-23-17-12-15(2)18(16(3)13-17)19(22)24-14-20(4,5)21-9-7-8-10-21;/h12-13H,6-11,14H2,1-5H3;1H. The highest BCUT2D eigenvalue weighted by atomic mass is 35.5. The Kier molecular flexibility index (Phi) is 8.23. The summed E-state index contributed by atoms with van der Waals surface area (Å²) in [7, 11) is 0.